The van der Waals surface area contributed by atoms with Crippen molar-refractivity contribution in [3.8, 4) is 0 Å². The molecule has 1 aromatic carbocycles. The number of amides is 2. The van der Waals surface area contributed by atoms with Gasteiger partial charge < -0.3 is 34.8 Å². The highest BCUT2D eigenvalue weighted by molar-refractivity contribution is 5.99. The number of rotatable bonds is 7. The molecular weight excluding hydrogens is 464 g/mol. The molecule has 0 aliphatic carbocycles. The minimum atomic E-state index is -1.74. The van der Waals surface area contributed by atoms with Crippen LogP contribution in [0, 0.1) is 11.6 Å². The molecule has 2 fully saturated rings. The summed E-state index contributed by atoms with van der Waals surface area (Å²) in [5, 5.41) is 23.9. The second-order valence-corrected chi connectivity index (χ2v) is 8.76. The fraction of sp³-hybridized carbons (Fsp3) is 0.500. The van der Waals surface area contributed by atoms with Gasteiger partial charge in [0.1, 0.15) is 23.4 Å². The van der Waals surface area contributed by atoms with E-state index in [9.17, 15) is 28.6 Å². The van der Waals surface area contributed by atoms with Crippen LogP contribution in [0.25, 0.3) is 0 Å². The lowest BCUT2D eigenvalue weighted by Gasteiger charge is -2.53. The van der Waals surface area contributed by atoms with Crippen molar-refractivity contribution in [2.75, 3.05) is 39.5 Å². The fourth-order valence-corrected chi connectivity index (χ4v) is 4.77. The van der Waals surface area contributed by atoms with Crippen molar-refractivity contribution in [1.82, 2.24) is 15.1 Å². The van der Waals surface area contributed by atoms with Gasteiger partial charge in [-0.05, 0) is 25.8 Å². The molecule has 3 aliphatic rings. The molecule has 0 saturated carbocycles. The quantitative estimate of drug-likeness (QED) is 0.492. The molecule has 4 rings (SSSR count). The number of carbonyl (C=O) groups excluding carboxylic acids is 2. The van der Waals surface area contributed by atoms with Crippen molar-refractivity contribution in [1.29, 1.82) is 0 Å². The Morgan fingerprint density at radius 2 is 2.06 bits per heavy atom. The summed E-state index contributed by atoms with van der Waals surface area (Å²) in [4.78, 5) is 29.5. The lowest BCUT2D eigenvalue weighted by molar-refractivity contribution is -0.148. The van der Waals surface area contributed by atoms with Gasteiger partial charge in [0.2, 0.25) is 0 Å². The van der Waals surface area contributed by atoms with Gasteiger partial charge in [-0.15, -0.1) is 0 Å². The number of hydrogen-bond donors (Lipinski definition) is 3. The smallest absolute Gasteiger partial charge is 0.274 e. The molecule has 0 radical (unpaired) electrons. The van der Waals surface area contributed by atoms with Crippen LogP contribution < -0.4 is 5.32 Å². The molecule has 2 saturated heterocycles. The van der Waals surface area contributed by atoms with E-state index >= 15 is 0 Å². The molecule has 1 spiro atoms. The van der Waals surface area contributed by atoms with E-state index < -0.39 is 40.9 Å². The van der Waals surface area contributed by atoms with E-state index in [1.54, 1.807) is 4.90 Å². The zero-order valence-corrected chi connectivity index (χ0v) is 19.4. The number of carbonyl (C=O) groups is 2. The Hall–Kier alpha value is -3.02. The van der Waals surface area contributed by atoms with E-state index in [1.807, 2.05) is 6.92 Å². The standard InChI is InChI=1S/C24H29F2N3O6/c1-2-34-10-7-29-23(33)19-21(31)20(30)17(13-28(19)14-24(29)5-8-35-9-6-24)22(32)27-12-15-3-4-16(25)11-18(15)26/h3-4,11,13,20,30-31H,2,5-10,12,14H2,1H3,(H,27,32). The largest absolute Gasteiger partial charge is 0.507 e. The number of fused-ring (bicyclic) bond motifs is 1. The summed E-state index contributed by atoms with van der Waals surface area (Å²) in [6, 6.07) is 2.99. The summed E-state index contributed by atoms with van der Waals surface area (Å²) in [6.07, 6.45) is 0.750. The van der Waals surface area contributed by atoms with Crippen molar-refractivity contribution in [3.05, 3.63) is 58.6 Å². The molecule has 0 bridgehead atoms. The van der Waals surface area contributed by atoms with Crippen LogP contribution in [0.1, 0.15) is 25.3 Å². The predicted molar refractivity (Wildman–Crippen MR) is 120 cm³/mol. The predicted octanol–water partition coefficient (Wildman–Crippen LogP) is 1.34. The maximum Gasteiger partial charge on any atom is 0.274 e. The summed E-state index contributed by atoms with van der Waals surface area (Å²) in [7, 11) is 0. The molecule has 1 unspecified atom stereocenters. The Kier molecular flexibility index (Phi) is 7.39. The van der Waals surface area contributed by atoms with E-state index in [0.29, 0.717) is 58.4 Å². The molecule has 3 heterocycles. The number of hydrogen-bond acceptors (Lipinski definition) is 7. The first-order valence-electron chi connectivity index (χ1n) is 11.6. The number of nitrogens with one attached hydrogen (secondary N) is 1. The average Bonchev–Trinajstić information content (AvgIpc) is 2.83. The third-order valence-electron chi connectivity index (χ3n) is 6.67. The van der Waals surface area contributed by atoms with Crippen molar-refractivity contribution in [3.63, 3.8) is 0 Å². The molecule has 9 nitrogen and oxygen atoms in total. The molecular formula is C24H29F2N3O6. The van der Waals surface area contributed by atoms with Gasteiger partial charge in [-0.25, -0.2) is 8.78 Å². The van der Waals surface area contributed by atoms with Crippen LogP contribution in [-0.4, -0.2) is 83.0 Å². The third-order valence-corrected chi connectivity index (χ3v) is 6.67. The molecule has 11 heteroatoms. The molecule has 3 N–H and O–H groups in total. The van der Waals surface area contributed by atoms with Crippen LogP contribution in [-0.2, 0) is 25.6 Å². The Labute approximate surface area is 201 Å². The minimum absolute atomic E-state index is 0.0605. The summed E-state index contributed by atoms with van der Waals surface area (Å²) < 4.78 is 38.0. The monoisotopic (exact) mass is 493 g/mol. The highest BCUT2D eigenvalue weighted by Crippen LogP contribution is 2.39. The van der Waals surface area contributed by atoms with Gasteiger partial charge in [-0.1, -0.05) is 6.07 Å². The minimum Gasteiger partial charge on any atom is -0.507 e. The normalized spacial score (nSPS) is 21.8. The van der Waals surface area contributed by atoms with Gasteiger partial charge in [0, 0.05) is 57.3 Å². The SMILES string of the molecule is CCOCCN1C(=O)C2=C(O)C(O)C(C(=O)NCc3ccc(F)cc3F)=CN2CC12CCOCC2. The number of halogens is 2. The number of aliphatic hydroxyl groups is 2. The van der Waals surface area contributed by atoms with Crippen molar-refractivity contribution in [2.45, 2.75) is 38.0 Å². The topological polar surface area (TPSA) is 112 Å². The molecule has 3 aliphatic heterocycles. The zero-order chi connectivity index (χ0) is 25.2. The fourth-order valence-electron chi connectivity index (χ4n) is 4.77. The first-order valence-corrected chi connectivity index (χ1v) is 11.6. The molecule has 190 valence electrons. The van der Waals surface area contributed by atoms with Crippen LogP contribution >= 0.6 is 0 Å². The van der Waals surface area contributed by atoms with E-state index in [2.05, 4.69) is 5.32 Å². The van der Waals surface area contributed by atoms with Crippen molar-refractivity contribution >= 4 is 11.8 Å². The van der Waals surface area contributed by atoms with Gasteiger partial charge >= 0.3 is 0 Å². The second kappa shape index (κ2) is 10.3. The lowest BCUT2D eigenvalue weighted by Crippen LogP contribution is -2.66. The van der Waals surface area contributed by atoms with E-state index in [4.69, 9.17) is 9.47 Å². The lowest BCUT2D eigenvalue weighted by atomic mass is 9.83. The van der Waals surface area contributed by atoms with Gasteiger partial charge in [-0.2, -0.15) is 0 Å². The van der Waals surface area contributed by atoms with Crippen LogP contribution in [0.4, 0.5) is 8.78 Å². The number of ether oxygens (including phenoxy) is 2. The van der Waals surface area contributed by atoms with E-state index in [0.717, 1.165) is 6.07 Å². The van der Waals surface area contributed by atoms with E-state index in [-0.39, 0.29) is 23.4 Å². The Balaban J connectivity index is 1.57. The second-order valence-electron chi connectivity index (χ2n) is 8.76. The van der Waals surface area contributed by atoms with Crippen LogP contribution in [0.15, 0.2) is 41.4 Å². The first kappa shape index (κ1) is 25.1. The summed E-state index contributed by atoms with van der Waals surface area (Å²) in [5.74, 6) is -3.39. The average molecular weight is 494 g/mol. The van der Waals surface area contributed by atoms with Crippen molar-refractivity contribution < 1.29 is 38.1 Å². The Morgan fingerprint density at radius 3 is 2.74 bits per heavy atom. The first-order chi connectivity index (χ1) is 16.8. The summed E-state index contributed by atoms with van der Waals surface area (Å²) >= 11 is 0. The van der Waals surface area contributed by atoms with Crippen LogP contribution in [0.2, 0.25) is 0 Å². The molecule has 2 amide bonds. The van der Waals surface area contributed by atoms with Gasteiger partial charge in [0.15, 0.2) is 5.76 Å². The number of aliphatic hydroxyl groups excluding tert-OH is 2. The Morgan fingerprint density at radius 1 is 1.31 bits per heavy atom. The van der Waals surface area contributed by atoms with Gasteiger partial charge in [0.05, 0.1) is 17.7 Å². The maximum absolute atomic E-state index is 13.9. The number of nitrogens with zero attached hydrogens (tertiary/aromatic N) is 2. The number of benzene rings is 1. The molecule has 35 heavy (non-hydrogen) atoms. The third kappa shape index (κ3) is 4.89. The maximum atomic E-state index is 13.9. The number of piperazine rings is 1. The molecule has 1 aromatic rings. The van der Waals surface area contributed by atoms with Gasteiger partial charge in [0.25, 0.3) is 11.8 Å². The summed E-state index contributed by atoms with van der Waals surface area (Å²) in [5.41, 5.74) is -0.808. The van der Waals surface area contributed by atoms with Gasteiger partial charge in [-0.3, -0.25) is 9.59 Å². The van der Waals surface area contributed by atoms with Crippen molar-refractivity contribution in [2.24, 2.45) is 0 Å². The zero-order valence-electron chi connectivity index (χ0n) is 19.4. The molecule has 1 atom stereocenters. The van der Waals surface area contributed by atoms with E-state index in [1.165, 1.54) is 17.2 Å². The van der Waals surface area contributed by atoms with Crippen LogP contribution in [0.3, 0.4) is 0 Å². The summed E-state index contributed by atoms with van der Waals surface area (Å²) in [6.45, 7) is 3.96. The Bertz CT molecular complexity index is 1050. The molecule has 0 aromatic heterocycles. The van der Waals surface area contributed by atoms with Crippen LogP contribution in [0.5, 0.6) is 0 Å². The highest BCUT2D eigenvalue weighted by atomic mass is 19.1. The highest BCUT2D eigenvalue weighted by Gasteiger charge is 2.51.